The first-order chi connectivity index (χ1) is 23.3. The summed E-state index contributed by atoms with van der Waals surface area (Å²) in [5.41, 5.74) is -2.66. The Morgan fingerprint density at radius 1 is 0.776 bits per heavy atom. The van der Waals surface area contributed by atoms with Crippen molar-refractivity contribution < 1.29 is 36.6 Å². The summed E-state index contributed by atoms with van der Waals surface area (Å²) >= 11 is 0. The number of piperazine rings is 1. The van der Waals surface area contributed by atoms with Gasteiger partial charge in [0, 0.05) is 55.3 Å². The summed E-state index contributed by atoms with van der Waals surface area (Å²) in [6, 6.07) is 14.5. The zero-order valence-corrected chi connectivity index (χ0v) is 25.9. The standard InChI is InChI=1S/C33H30F6N8O2/c1-21(48)32(36,37)29-11-8-26(18-41-29)46-14-12-45(13-15-46)25-6-2-22(3-7-25)23-4-10-30(40-17-23)33(38,39)31(49,19-47-20-42-43-44-47)27-9-5-24(34)16-28(27)35/h2-11,16-18,20-21,48-49H,12-15,19H2,1H3/t21-,31?/m1/s1. The van der Waals surface area contributed by atoms with Crippen LogP contribution in [0.1, 0.15) is 23.9 Å². The monoisotopic (exact) mass is 684 g/mol. The fraction of sp³-hybridized carbons (Fsp3) is 0.303. The van der Waals surface area contributed by atoms with E-state index >= 15 is 8.78 Å². The van der Waals surface area contributed by atoms with Crippen LogP contribution in [0.5, 0.6) is 0 Å². The number of aromatic nitrogens is 6. The van der Waals surface area contributed by atoms with Crippen LogP contribution in [0, 0.1) is 11.6 Å². The van der Waals surface area contributed by atoms with Crippen LogP contribution < -0.4 is 9.80 Å². The van der Waals surface area contributed by atoms with E-state index in [1.54, 1.807) is 6.07 Å². The molecule has 2 aromatic carbocycles. The van der Waals surface area contributed by atoms with Crippen molar-refractivity contribution in [1.82, 2.24) is 30.2 Å². The number of hydrogen-bond donors (Lipinski definition) is 2. The maximum absolute atomic E-state index is 16.1. The molecule has 0 radical (unpaired) electrons. The van der Waals surface area contributed by atoms with E-state index in [-0.39, 0.29) is 0 Å². The summed E-state index contributed by atoms with van der Waals surface area (Å²) in [5, 5.41) is 31.0. The minimum absolute atomic E-state index is 0.401. The van der Waals surface area contributed by atoms with Crippen molar-refractivity contribution in [3.05, 3.63) is 114 Å². The molecule has 3 aromatic heterocycles. The molecular formula is C33H30F6N8O2. The second kappa shape index (κ2) is 13.1. The highest BCUT2D eigenvalue weighted by Gasteiger charge is 2.58. The third-order valence-corrected chi connectivity index (χ3v) is 8.59. The first kappa shape index (κ1) is 33.8. The first-order valence-corrected chi connectivity index (χ1v) is 15.2. The summed E-state index contributed by atoms with van der Waals surface area (Å²) < 4.78 is 89.5. The predicted molar refractivity (Wildman–Crippen MR) is 166 cm³/mol. The summed E-state index contributed by atoms with van der Waals surface area (Å²) in [4.78, 5) is 12.0. The Morgan fingerprint density at radius 3 is 1.94 bits per heavy atom. The van der Waals surface area contributed by atoms with Crippen molar-refractivity contribution >= 4 is 11.4 Å². The van der Waals surface area contributed by atoms with Gasteiger partial charge in [-0.05, 0) is 65.4 Å². The van der Waals surface area contributed by atoms with Crippen LogP contribution in [0.3, 0.4) is 0 Å². The molecule has 5 aromatic rings. The number of nitrogens with zero attached hydrogens (tertiary/aromatic N) is 8. The van der Waals surface area contributed by atoms with Crippen molar-refractivity contribution in [3.63, 3.8) is 0 Å². The predicted octanol–water partition coefficient (Wildman–Crippen LogP) is 4.89. The van der Waals surface area contributed by atoms with Gasteiger partial charge in [0.1, 0.15) is 35.5 Å². The Kier molecular flexibility index (Phi) is 9.02. The Balaban J connectivity index is 1.14. The van der Waals surface area contributed by atoms with Gasteiger partial charge in [0.05, 0.1) is 18.4 Å². The quantitative estimate of drug-likeness (QED) is 0.199. The maximum atomic E-state index is 16.1. The molecule has 1 aliphatic heterocycles. The van der Waals surface area contributed by atoms with E-state index in [0.29, 0.717) is 49.1 Å². The number of hydrogen-bond acceptors (Lipinski definition) is 9. The summed E-state index contributed by atoms with van der Waals surface area (Å²) in [6.07, 6.45) is 1.71. The fourth-order valence-electron chi connectivity index (χ4n) is 5.70. The number of aliphatic hydroxyl groups is 2. The van der Waals surface area contributed by atoms with Crippen LogP contribution in [0.15, 0.2) is 85.5 Å². The number of rotatable bonds is 10. The van der Waals surface area contributed by atoms with Gasteiger partial charge in [0.2, 0.25) is 0 Å². The van der Waals surface area contributed by atoms with Gasteiger partial charge in [0.15, 0.2) is 5.60 Å². The van der Waals surface area contributed by atoms with Crippen LogP contribution in [-0.2, 0) is 24.0 Å². The maximum Gasteiger partial charge on any atom is 0.323 e. The molecule has 16 heteroatoms. The molecule has 1 aliphatic rings. The van der Waals surface area contributed by atoms with Crippen molar-refractivity contribution in [2.24, 2.45) is 0 Å². The van der Waals surface area contributed by atoms with Gasteiger partial charge in [-0.2, -0.15) is 17.6 Å². The normalized spacial score (nSPS) is 16.0. The SMILES string of the molecule is C[C@@H](O)C(F)(F)c1ccc(N2CCN(c3ccc(-c4ccc(C(F)(F)C(O)(Cn5cnnn5)c5ccc(F)cc5F)nc4)cc3)CC2)cn1. The van der Waals surface area contributed by atoms with Gasteiger partial charge < -0.3 is 20.0 Å². The number of tetrazole rings is 1. The highest BCUT2D eigenvalue weighted by molar-refractivity contribution is 5.66. The van der Waals surface area contributed by atoms with E-state index in [1.807, 2.05) is 29.2 Å². The fourth-order valence-corrected chi connectivity index (χ4v) is 5.70. The van der Waals surface area contributed by atoms with Gasteiger partial charge in [-0.3, -0.25) is 9.97 Å². The second-order valence-corrected chi connectivity index (χ2v) is 11.7. The highest BCUT2D eigenvalue weighted by Crippen LogP contribution is 2.47. The molecule has 2 atom stereocenters. The molecule has 1 fully saturated rings. The number of pyridine rings is 2. The van der Waals surface area contributed by atoms with E-state index in [9.17, 15) is 27.8 Å². The van der Waals surface area contributed by atoms with Crippen LogP contribution in [0.25, 0.3) is 11.1 Å². The van der Waals surface area contributed by atoms with Crippen molar-refractivity contribution in [2.75, 3.05) is 36.0 Å². The average molecular weight is 685 g/mol. The van der Waals surface area contributed by atoms with Crippen LogP contribution in [-0.4, -0.2) is 72.7 Å². The van der Waals surface area contributed by atoms with Crippen molar-refractivity contribution in [2.45, 2.75) is 37.0 Å². The lowest BCUT2D eigenvalue weighted by molar-refractivity contribution is -0.207. The molecule has 0 aliphatic carbocycles. The van der Waals surface area contributed by atoms with Crippen LogP contribution >= 0.6 is 0 Å². The molecule has 6 rings (SSSR count). The molecule has 49 heavy (non-hydrogen) atoms. The number of alkyl halides is 4. The summed E-state index contributed by atoms with van der Waals surface area (Å²) in [5.74, 6) is -10.00. The molecule has 1 unspecified atom stereocenters. The molecule has 1 saturated heterocycles. The van der Waals surface area contributed by atoms with E-state index < -0.39 is 58.7 Å². The summed E-state index contributed by atoms with van der Waals surface area (Å²) in [7, 11) is 0. The number of aliphatic hydroxyl groups excluding tert-OH is 1. The molecule has 0 bridgehead atoms. The molecule has 2 N–H and O–H groups in total. The molecule has 4 heterocycles. The highest BCUT2D eigenvalue weighted by atomic mass is 19.3. The van der Waals surface area contributed by atoms with E-state index in [2.05, 4.69) is 30.4 Å². The van der Waals surface area contributed by atoms with Gasteiger partial charge in [-0.15, -0.1) is 5.10 Å². The molecule has 0 spiro atoms. The third kappa shape index (κ3) is 6.53. The zero-order valence-electron chi connectivity index (χ0n) is 25.9. The van der Waals surface area contributed by atoms with E-state index in [0.717, 1.165) is 41.8 Å². The minimum Gasteiger partial charge on any atom is -0.387 e. The van der Waals surface area contributed by atoms with E-state index in [1.165, 1.54) is 24.5 Å². The van der Waals surface area contributed by atoms with Gasteiger partial charge in [0.25, 0.3) is 0 Å². The third-order valence-electron chi connectivity index (χ3n) is 8.59. The Morgan fingerprint density at radius 2 is 1.39 bits per heavy atom. The molecule has 10 nitrogen and oxygen atoms in total. The van der Waals surface area contributed by atoms with Crippen molar-refractivity contribution in [1.29, 1.82) is 0 Å². The minimum atomic E-state index is -4.18. The van der Waals surface area contributed by atoms with Crippen LogP contribution in [0.2, 0.25) is 0 Å². The topological polar surface area (TPSA) is 116 Å². The van der Waals surface area contributed by atoms with Gasteiger partial charge >= 0.3 is 11.8 Å². The smallest absolute Gasteiger partial charge is 0.323 e. The first-order valence-electron chi connectivity index (χ1n) is 15.2. The largest absolute Gasteiger partial charge is 0.387 e. The summed E-state index contributed by atoms with van der Waals surface area (Å²) in [6.45, 7) is 2.55. The molecular weight excluding hydrogens is 654 g/mol. The number of benzene rings is 2. The molecule has 256 valence electrons. The van der Waals surface area contributed by atoms with E-state index in [4.69, 9.17) is 0 Å². The van der Waals surface area contributed by atoms with Crippen LogP contribution in [0.4, 0.5) is 37.7 Å². The van der Waals surface area contributed by atoms with Gasteiger partial charge in [-0.25, -0.2) is 13.5 Å². The Hall–Kier alpha value is -5.09. The second-order valence-electron chi connectivity index (χ2n) is 11.7. The van der Waals surface area contributed by atoms with Crippen molar-refractivity contribution in [3.8, 4) is 11.1 Å². The lowest BCUT2D eigenvalue weighted by Gasteiger charge is -2.37. The average Bonchev–Trinajstić information content (AvgIpc) is 3.61. The Labute approximate surface area is 276 Å². The molecule has 0 saturated carbocycles. The zero-order chi connectivity index (χ0) is 35.0. The van der Waals surface area contributed by atoms with Gasteiger partial charge in [-0.1, -0.05) is 18.2 Å². The molecule has 0 amide bonds. The lowest BCUT2D eigenvalue weighted by atomic mass is 9.84. The number of anilines is 2. The lowest BCUT2D eigenvalue weighted by Crippen LogP contribution is -2.48. The Bertz CT molecular complexity index is 1870. The number of halogens is 6.